The molecule has 15 heteroatoms. The molecule has 0 saturated heterocycles. The summed E-state index contributed by atoms with van der Waals surface area (Å²) in [6.45, 7) is 0. The van der Waals surface area contributed by atoms with Crippen LogP contribution in [0.5, 0.6) is 0 Å². The third-order valence-electron chi connectivity index (χ3n) is 2.95. The zero-order valence-corrected chi connectivity index (χ0v) is 12.0. The van der Waals surface area contributed by atoms with Gasteiger partial charge < -0.3 is 9.47 Å². The quantitative estimate of drug-likeness (QED) is 0.427. The van der Waals surface area contributed by atoms with Gasteiger partial charge in [0.05, 0.1) is 6.42 Å². The Kier molecular flexibility index (Phi) is 6.37. The summed E-state index contributed by atoms with van der Waals surface area (Å²) in [4.78, 5) is 0. The van der Waals surface area contributed by atoms with Gasteiger partial charge in [-0.05, 0) is 0 Å². The number of rotatable bonds is 8. The Morgan fingerprint density at radius 1 is 0.560 bits per heavy atom. The van der Waals surface area contributed by atoms with E-state index in [1.165, 1.54) is 0 Å². The van der Waals surface area contributed by atoms with Crippen molar-refractivity contribution >= 4 is 0 Å². The van der Waals surface area contributed by atoms with E-state index in [9.17, 15) is 57.1 Å². The van der Waals surface area contributed by atoms with Gasteiger partial charge >= 0.3 is 35.8 Å². The highest BCUT2D eigenvalue weighted by molar-refractivity contribution is 5.10. The number of methoxy groups -OCH3 is 2. The lowest BCUT2D eigenvalue weighted by Gasteiger charge is -2.40. The summed E-state index contributed by atoms with van der Waals surface area (Å²) >= 11 is 0. The van der Waals surface area contributed by atoms with E-state index in [2.05, 4.69) is 9.47 Å². The van der Waals surface area contributed by atoms with E-state index in [0.717, 1.165) is 0 Å². The molecule has 0 aromatic carbocycles. The van der Waals surface area contributed by atoms with Gasteiger partial charge in [0.1, 0.15) is 0 Å². The summed E-state index contributed by atoms with van der Waals surface area (Å²) < 4.78 is 174. The number of alkyl halides is 13. The van der Waals surface area contributed by atoms with Crippen molar-refractivity contribution in [2.24, 2.45) is 0 Å². The summed E-state index contributed by atoms with van der Waals surface area (Å²) in [5.41, 5.74) is 0. The van der Waals surface area contributed by atoms with Gasteiger partial charge in [0, 0.05) is 14.2 Å². The van der Waals surface area contributed by atoms with Gasteiger partial charge in [-0.15, -0.1) is 0 Å². The van der Waals surface area contributed by atoms with E-state index >= 15 is 0 Å². The molecule has 0 atom stereocenters. The molecule has 0 fully saturated rings. The Morgan fingerprint density at radius 2 is 0.880 bits per heavy atom. The third kappa shape index (κ3) is 3.61. The molecule has 0 radical (unpaired) electrons. The number of ether oxygens (including phenoxy) is 2. The molecule has 25 heavy (non-hydrogen) atoms. The molecule has 152 valence electrons. The maximum Gasteiger partial charge on any atom is 0.460 e. The lowest BCUT2D eigenvalue weighted by molar-refractivity contribution is -0.441. The normalized spacial score (nSPS) is 15.8. The van der Waals surface area contributed by atoms with E-state index in [1.54, 1.807) is 0 Å². The van der Waals surface area contributed by atoms with Crippen LogP contribution in [0, 0.1) is 0 Å². The molecule has 2 nitrogen and oxygen atoms in total. The molecule has 0 spiro atoms. The zero-order valence-electron chi connectivity index (χ0n) is 12.0. The first-order chi connectivity index (χ1) is 10.7. The topological polar surface area (TPSA) is 18.5 Å². The monoisotopic (exact) mass is 408 g/mol. The predicted molar refractivity (Wildman–Crippen MR) is 53.2 cm³/mol. The number of hydrogen-bond donors (Lipinski definition) is 0. The molecule has 0 aliphatic rings. The van der Waals surface area contributed by atoms with E-state index in [-0.39, 0.29) is 0 Å². The number of halogens is 13. The molecule has 0 aliphatic heterocycles. The first-order valence-electron chi connectivity index (χ1n) is 5.76. The van der Waals surface area contributed by atoms with Crippen LogP contribution in [0.1, 0.15) is 6.42 Å². The molecule has 0 unspecified atom stereocenters. The van der Waals surface area contributed by atoms with Gasteiger partial charge in [-0.3, -0.25) is 0 Å². The highest BCUT2D eigenvalue weighted by Gasteiger charge is 2.90. The minimum Gasteiger partial charge on any atom is -0.356 e. The van der Waals surface area contributed by atoms with E-state index < -0.39 is 48.5 Å². The van der Waals surface area contributed by atoms with Gasteiger partial charge in [-0.1, -0.05) is 0 Å². The highest BCUT2D eigenvalue weighted by Crippen LogP contribution is 2.60. The van der Waals surface area contributed by atoms with E-state index in [1.807, 2.05) is 0 Å². The van der Waals surface area contributed by atoms with Crippen LogP contribution in [0.4, 0.5) is 57.1 Å². The molecule has 0 aliphatic carbocycles. The third-order valence-corrected chi connectivity index (χ3v) is 2.95. The molecule has 0 heterocycles. The van der Waals surface area contributed by atoms with Gasteiger partial charge in [-0.2, -0.15) is 57.1 Å². The van der Waals surface area contributed by atoms with Crippen LogP contribution in [0.15, 0.2) is 0 Å². The molecule has 0 aromatic heterocycles. The Morgan fingerprint density at radius 3 is 1.16 bits per heavy atom. The molecule has 0 N–H and O–H groups in total. The minimum absolute atomic E-state index is 0.549. The minimum atomic E-state index is -7.90. The molecule has 0 rings (SSSR count). The Labute approximate surface area is 130 Å². The van der Waals surface area contributed by atoms with Crippen molar-refractivity contribution in [1.82, 2.24) is 0 Å². The van der Waals surface area contributed by atoms with Gasteiger partial charge in [-0.25, -0.2) is 0 Å². The fourth-order valence-electron chi connectivity index (χ4n) is 1.40. The second kappa shape index (κ2) is 6.63. The average molecular weight is 408 g/mol. The summed E-state index contributed by atoms with van der Waals surface area (Å²) in [6.07, 6.45) is -12.4. The van der Waals surface area contributed by atoms with Crippen molar-refractivity contribution in [3.63, 3.8) is 0 Å². The zero-order chi connectivity index (χ0) is 20.7. The van der Waals surface area contributed by atoms with E-state index in [4.69, 9.17) is 0 Å². The first kappa shape index (κ1) is 24.0. The second-order valence-corrected chi connectivity index (χ2v) is 4.60. The van der Waals surface area contributed by atoms with Crippen molar-refractivity contribution < 1.29 is 66.5 Å². The van der Waals surface area contributed by atoms with Crippen LogP contribution < -0.4 is 0 Å². The van der Waals surface area contributed by atoms with Crippen molar-refractivity contribution in [3.05, 3.63) is 0 Å². The molecule has 0 amide bonds. The number of hydrogen-bond acceptors (Lipinski definition) is 2. The molecule has 0 saturated carbocycles. The lowest BCUT2D eigenvalue weighted by atomic mass is 9.92. The van der Waals surface area contributed by atoms with Crippen LogP contribution in [0.25, 0.3) is 0 Å². The van der Waals surface area contributed by atoms with Crippen LogP contribution in [-0.4, -0.2) is 56.3 Å². The summed E-state index contributed by atoms with van der Waals surface area (Å²) in [5.74, 6) is -37.0. The Balaban J connectivity index is 6.11. The van der Waals surface area contributed by atoms with Crippen molar-refractivity contribution in [1.29, 1.82) is 0 Å². The van der Waals surface area contributed by atoms with Crippen molar-refractivity contribution in [2.75, 3.05) is 14.2 Å². The fourth-order valence-corrected chi connectivity index (χ4v) is 1.40. The maximum absolute atomic E-state index is 13.3. The second-order valence-electron chi connectivity index (χ2n) is 4.60. The predicted octanol–water partition coefficient (Wildman–Crippen LogP) is 4.73. The highest BCUT2D eigenvalue weighted by atomic mass is 19.4. The maximum atomic E-state index is 13.3. The summed E-state index contributed by atoms with van der Waals surface area (Å²) in [7, 11) is 1.10. The standard InChI is InChI=1S/C10H9F13O2/c1-24-4(25-2)3-5(11,12)6(13,14)7(15,16)8(17,18)9(19,20)10(21,22)23/h4H,3H2,1-2H3. The van der Waals surface area contributed by atoms with Crippen LogP contribution in [0.3, 0.4) is 0 Å². The van der Waals surface area contributed by atoms with Gasteiger partial charge in [0.25, 0.3) is 0 Å². The molecular formula is C10H9F13O2. The van der Waals surface area contributed by atoms with Crippen molar-refractivity contribution in [2.45, 2.75) is 48.5 Å². The average Bonchev–Trinajstić information content (AvgIpc) is 2.42. The van der Waals surface area contributed by atoms with Crippen LogP contribution in [-0.2, 0) is 9.47 Å². The van der Waals surface area contributed by atoms with E-state index in [0.29, 0.717) is 14.2 Å². The molecule has 0 bridgehead atoms. The van der Waals surface area contributed by atoms with Gasteiger partial charge in [0.2, 0.25) is 0 Å². The Hall–Kier alpha value is -0.990. The summed E-state index contributed by atoms with van der Waals surface area (Å²) in [5, 5.41) is 0. The Bertz CT molecular complexity index is 452. The smallest absolute Gasteiger partial charge is 0.356 e. The first-order valence-corrected chi connectivity index (χ1v) is 5.76. The van der Waals surface area contributed by atoms with Crippen LogP contribution in [0.2, 0.25) is 0 Å². The SMILES string of the molecule is COC(CC(F)(F)C(F)(F)C(F)(F)C(F)(F)C(F)(F)C(F)(F)F)OC. The molecule has 0 aromatic rings. The van der Waals surface area contributed by atoms with Crippen LogP contribution >= 0.6 is 0 Å². The molecular weight excluding hydrogens is 399 g/mol. The largest absolute Gasteiger partial charge is 0.460 e. The van der Waals surface area contributed by atoms with Gasteiger partial charge in [0.15, 0.2) is 6.29 Å². The van der Waals surface area contributed by atoms with Crippen molar-refractivity contribution in [3.8, 4) is 0 Å². The summed E-state index contributed by atoms with van der Waals surface area (Å²) in [6, 6.07) is 0. The fraction of sp³-hybridized carbons (Fsp3) is 1.00. The lowest BCUT2D eigenvalue weighted by Crippen LogP contribution is -2.70.